The van der Waals surface area contributed by atoms with Crippen molar-refractivity contribution in [2.24, 2.45) is 0 Å². The topological polar surface area (TPSA) is 91.7 Å². The maximum absolute atomic E-state index is 12.8. The molecule has 0 saturated heterocycles. The standard InChI is InChI=1S/C22H29N3O4/c1-19(2,3)28-17(26)24-25(18(27)29-20(4,5)6)22-12-21(13-22,14-22)16-9-7-15(11-23)8-10-16/h7-10H,12-14H2,1-6H3,(H,24,26). The zero-order chi connectivity index (χ0) is 21.7. The van der Waals surface area contributed by atoms with E-state index < -0.39 is 28.9 Å². The Morgan fingerprint density at radius 2 is 1.52 bits per heavy atom. The van der Waals surface area contributed by atoms with E-state index in [0.717, 1.165) is 24.8 Å². The number of carbonyl (C=O) groups excluding carboxylic acids is 2. The average molecular weight is 399 g/mol. The number of hydrazine groups is 1. The van der Waals surface area contributed by atoms with Crippen LogP contribution in [0.1, 0.15) is 71.9 Å². The van der Waals surface area contributed by atoms with Gasteiger partial charge in [-0.15, -0.1) is 0 Å². The summed E-state index contributed by atoms with van der Waals surface area (Å²) in [5.74, 6) is 0. The van der Waals surface area contributed by atoms with Crippen LogP contribution in [0.5, 0.6) is 0 Å². The van der Waals surface area contributed by atoms with Crippen LogP contribution in [-0.4, -0.2) is 33.9 Å². The number of rotatable bonds is 2. The van der Waals surface area contributed by atoms with Crippen molar-refractivity contribution in [3.05, 3.63) is 35.4 Å². The molecule has 3 aliphatic carbocycles. The average Bonchev–Trinajstić information content (AvgIpc) is 2.48. The van der Waals surface area contributed by atoms with Gasteiger partial charge in [-0.3, -0.25) is 0 Å². The molecule has 7 heteroatoms. The lowest BCUT2D eigenvalue weighted by Gasteiger charge is -2.72. The van der Waals surface area contributed by atoms with Gasteiger partial charge in [0.2, 0.25) is 0 Å². The van der Waals surface area contributed by atoms with Crippen LogP contribution in [0.3, 0.4) is 0 Å². The molecular formula is C22H29N3O4. The first-order chi connectivity index (χ1) is 13.3. The maximum Gasteiger partial charge on any atom is 0.429 e. The van der Waals surface area contributed by atoms with E-state index in [1.807, 2.05) is 24.3 Å². The molecule has 1 aromatic rings. The lowest BCUT2D eigenvalue weighted by molar-refractivity contribution is -0.177. The fourth-order valence-corrected chi connectivity index (χ4v) is 4.23. The van der Waals surface area contributed by atoms with E-state index in [1.165, 1.54) is 5.01 Å². The highest BCUT2D eigenvalue weighted by molar-refractivity contribution is 5.76. The third kappa shape index (κ3) is 4.16. The second kappa shape index (κ2) is 6.65. The van der Waals surface area contributed by atoms with Gasteiger partial charge < -0.3 is 9.47 Å². The van der Waals surface area contributed by atoms with Gasteiger partial charge >= 0.3 is 12.2 Å². The molecule has 1 aromatic carbocycles. The summed E-state index contributed by atoms with van der Waals surface area (Å²) in [6.07, 6.45) is 0.903. The summed E-state index contributed by atoms with van der Waals surface area (Å²) in [4.78, 5) is 25.2. The normalized spacial score (nSPS) is 25.0. The molecule has 2 amide bonds. The van der Waals surface area contributed by atoms with Crippen molar-refractivity contribution in [2.45, 2.75) is 83.0 Å². The Hall–Kier alpha value is -2.75. The number of carbonyl (C=O) groups is 2. The molecule has 0 aromatic heterocycles. The molecule has 0 radical (unpaired) electrons. The SMILES string of the molecule is CC(C)(C)OC(=O)NN(C(=O)OC(C)(C)C)C12CC(c3ccc(C#N)cc3)(C1)C2. The van der Waals surface area contributed by atoms with Crippen molar-refractivity contribution in [3.8, 4) is 6.07 Å². The van der Waals surface area contributed by atoms with Gasteiger partial charge in [-0.05, 0) is 78.5 Å². The Morgan fingerprint density at radius 3 is 1.97 bits per heavy atom. The fraction of sp³-hybridized carbons (Fsp3) is 0.591. The number of nitriles is 1. The summed E-state index contributed by atoms with van der Waals surface area (Å²) in [6, 6.07) is 9.70. The molecule has 0 heterocycles. The first kappa shape index (κ1) is 21.0. The molecule has 0 atom stereocenters. The minimum absolute atomic E-state index is 0.0239. The van der Waals surface area contributed by atoms with Crippen molar-refractivity contribution in [1.29, 1.82) is 5.26 Å². The Balaban J connectivity index is 1.75. The van der Waals surface area contributed by atoms with E-state index in [4.69, 9.17) is 14.7 Å². The molecule has 7 nitrogen and oxygen atoms in total. The Bertz CT molecular complexity index is 836. The highest BCUT2D eigenvalue weighted by Crippen LogP contribution is 2.70. The van der Waals surface area contributed by atoms with E-state index in [9.17, 15) is 9.59 Å². The molecule has 3 aliphatic rings. The largest absolute Gasteiger partial charge is 0.443 e. The molecule has 3 fully saturated rings. The first-order valence-corrected chi connectivity index (χ1v) is 9.81. The van der Waals surface area contributed by atoms with Crippen molar-refractivity contribution in [2.75, 3.05) is 0 Å². The monoisotopic (exact) mass is 399 g/mol. The molecule has 3 saturated carbocycles. The van der Waals surface area contributed by atoms with Gasteiger partial charge in [-0.2, -0.15) is 5.26 Å². The summed E-state index contributed by atoms with van der Waals surface area (Å²) in [5, 5.41) is 10.3. The van der Waals surface area contributed by atoms with Crippen LogP contribution in [0.2, 0.25) is 0 Å². The molecule has 4 rings (SSSR count). The number of hydrogen-bond donors (Lipinski definition) is 1. The fourth-order valence-electron chi connectivity index (χ4n) is 4.23. The Kier molecular flexibility index (Phi) is 4.81. The minimum atomic E-state index is -0.681. The third-order valence-corrected chi connectivity index (χ3v) is 5.28. The van der Waals surface area contributed by atoms with Gasteiger partial charge in [0.25, 0.3) is 0 Å². The quantitative estimate of drug-likeness (QED) is 0.744. The predicted octanol–water partition coefficient (Wildman–Crippen LogP) is 4.41. The van der Waals surface area contributed by atoms with Crippen molar-refractivity contribution < 1.29 is 19.1 Å². The van der Waals surface area contributed by atoms with Gasteiger partial charge in [-0.1, -0.05) is 12.1 Å². The Morgan fingerprint density at radius 1 is 1.00 bits per heavy atom. The third-order valence-electron chi connectivity index (χ3n) is 5.28. The van der Waals surface area contributed by atoms with E-state index in [2.05, 4.69) is 11.5 Å². The summed E-state index contributed by atoms with van der Waals surface area (Å²) < 4.78 is 10.9. The second-order valence-electron chi connectivity index (χ2n) is 10.2. The number of nitrogens with one attached hydrogen (secondary N) is 1. The number of nitrogens with zero attached hydrogens (tertiary/aromatic N) is 2. The molecule has 0 aliphatic heterocycles. The molecule has 29 heavy (non-hydrogen) atoms. The number of amides is 2. The van der Waals surface area contributed by atoms with Gasteiger partial charge in [-0.25, -0.2) is 20.0 Å². The van der Waals surface area contributed by atoms with Gasteiger partial charge in [0.1, 0.15) is 11.2 Å². The van der Waals surface area contributed by atoms with Gasteiger partial charge in [0, 0.05) is 5.41 Å². The second-order valence-corrected chi connectivity index (χ2v) is 10.2. The summed E-state index contributed by atoms with van der Waals surface area (Å²) >= 11 is 0. The van der Waals surface area contributed by atoms with E-state index >= 15 is 0 Å². The number of hydrogen-bond acceptors (Lipinski definition) is 5. The molecule has 1 N–H and O–H groups in total. The van der Waals surface area contributed by atoms with Crippen molar-refractivity contribution in [3.63, 3.8) is 0 Å². The molecular weight excluding hydrogens is 370 g/mol. The Labute approximate surface area is 171 Å². The van der Waals surface area contributed by atoms with E-state index in [0.29, 0.717) is 5.56 Å². The van der Waals surface area contributed by atoms with Crippen LogP contribution in [0.15, 0.2) is 24.3 Å². The van der Waals surface area contributed by atoms with Crippen LogP contribution in [-0.2, 0) is 14.9 Å². The van der Waals surface area contributed by atoms with E-state index in [-0.39, 0.29) is 5.41 Å². The van der Waals surface area contributed by atoms with Crippen LogP contribution in [0, 0.1) is 11.3 Å². The minimum Gasteiger partial charge on any atom is -0.443 e. The summed E-state index contributed by atoms with van der Waals surface area (Å²) in [7, 11) is 0. The van der Waals surface area contributed by atoms with Crippen LogP contribution < -0.4 is 5.43 Å². The zero-order valence-electron chi connectivity index (χ0n) is 18.0. The van der Waals surface area contributed by atoms with Crippen LogP contribution in [0.4, 0.5) is 9.59 Å². The van der Waals surface area contributed by atoms with Gasteiger partial charge in [0.15, 0.2) is 0 Å². The van der Waals surface area contributed by atoms with Crippen LogP contribution in [0.25, 0.3) is 0 Å². The van der Waals surface area contributed by atoms with Crippen molar-refractivity contribution in [1.82, 2.24) is 10.4 Å². The number of ether oxygens (including phenoxy) is 2. The summed E-state index contributed by atoms with van der Waals surface area (Å²) in [6.45, 7) is 10.7. The maximum atomic E-state index is 12.8. The molecule has 156 valence electrons. The van der Waals surface area contributed by atoms with Crippen molar-refractivity contribution >= 4 is 12.2 Å². The first-order valence-electron chi connectivity index (χ1n) is 9.81. The molecule has 0 unspecified atom stereocenters. The zero-order valence-corrected chi connectivity index (χ0v) is 18.0. The van der Waals surface area contributed by atoms with E-state index in [1.54, 1.807) is 41.5 Å². The smallest absolute Gasteiger partial charge is 0.429 e. The highest BCUT2D eigenvalue weighted by atomic mass is 16.6. The lowest BCUT2D eigenvalue weighted by atomic mass is 9.37. The molecule has 0 spiro atoms. The molecule has 2 bridgehead atoms. The highest BCUT2D eigenvalue weighted by Gasteiger charge is 2.72. The number of benzene rings is 1. The van der Waals surface area contributed by atoms with Gasteiger partial charge in [0.05, 0.1) is 17.2 Å². The summed E-state index contributed by atoms with van der Waals surface area (Å²) in [5.41, 5.74) is 2.53. The lowest BCUT2D eigenvalue weighted by Crippen LogP contribution is -2.80. The van der Waals surface area contributed by atoms with Crippen LogP contribution >= 0.6 is 0 Å². The predicted molar refractivity (Wildman–Crippen MR) is 107 cm³/mol.